The minimum Gasteiger partial charge on any atom is -0.0895 e. The zero-order valence-corrected chi connectivity index (χ0v) is 47.2. The predicted molar refractivity (Wildman–Crippen MR) is 372 cm³/mol. The molecule has 4 unspecified atom stereocenters. The standard InChI is InChI=1S/C82H16S4/c1-3-7-15-13(5-1)19(79-83-9-10-84-79)14-6-2-4-8-16(14)20(15)80-85-17-11-81-75-67-59-49-39-31-23-21-22-25-29-27(23)35-43-37(29)47-41-33(25)34-26(22)30-28-24(21)32(31)40-46-36(28)44-38(30)48-42(34)52-51(41)61-55(47)65-57(43)63(53(59)45(35)39)71(75)73(65)77-69(61)70-62(52)56(48)66-58(44)64-54(46)60(50(40)49)68(67)76(81)72(64)74(66)78(70)82(77,81)12-18(17)86-80/h1-10,63,67H,11-12H2. The molecular formula is C82H16S4. The zero-order valence-electron chi connectivity index (χ0n) is 44.0. The molecule has 27 aromatic carbocycles. The lowest BCUT2D eigenvalue weighted by Gasteiger charge is -2.59. The maximum atomic E-state index is 2.47. The molecule has 0 fully saturated rings. The molecule has 2 aliphatic heterocycles. The van der Waals surface area contributed by atoms with Gasteiger partial charge in [0.1, 0.15) is 0 Å². The van der Waals surface area contributed by atoms with E-state index in [1.54, 1.807) is 274 Å². The van der Waals surface area contributed by atoms with Crippen LogP contribution in [0.25, 0.3) is 283 Å². The largest absolute Gasteiger partial charge is 0.0895 e. The smallest absolute Gasteiger partial charge is 0.0577 e. The summed E-state index contributed by atoms with van der Waals surface area (Å²) in [6.45, 7) is 0. The van der Waals surface area contributed by atoms with Gasteiger partial charge >= 0.3 is 0 Å². The van der Waals surface area contributed by atoms with Gasteiger partial charge in [0, 0.05) is 42.9 Å². The van der Waals surface area contributed by atoms with Gasteiger partial charge in [-0.1, -0.05) is 95.6 Å². The lowest BCUT2D eigenvalue weighted by atomic mass is 9.43. The second-order valence-corrected chi connectivity index (χ2v) is 34.8. The first-order valence-corrected chi connectivity index (χ1v) is 35.0. The summed E-state index contributed by atoms with van der Waals surface area (Å²) in [5.41, 5.74) is 17.8. The summed E-state index contributed by atoms with van der Waals surface area (Å²) in [4.78, 5) is 3.38. The van der Waals surface area contributed by atoms with Crippen LogP contribution < -0.4 is 10.4 Å². The van der Waals surface area contributed by atoms with Crippen LogP contribution in [0.15, 0.2) is 74.7 Å². The zero-order chi connectivity index (χ0) is 51.6. The van der Waals surface area contributed by atoms with Gasteiger partial charge in [-0.25, -0.2) is 0 Å². The first kappa shape index (κ1) is 35.2. The van der Waals surface area contributed by atoms with E-state index in [-0.39, 0.29) is 22.7 Å². The topological polar surface area (TPSA) is 0 Å². The van der Waals surface area contributed by atoms with Crippen molar-refractivity contribution in [1.29, 1.82) is 0 Å². The third-order valence-electron chi connectivity index (χ3n) is 29.5. The summed E-state index contributed by atoms with van der Waals surface area (Å²) in [6.07, 6.45) is 2.20. The minimum absolute atomic E-state index is 0.211. The van der Waals surface area contributed by atoms with E-state index in [1.807, 2.05) is 62.5 Å². The molecule has 0 N–H and O–H groups in total. The van der Waals surface area contributed by atoms with Gasteiger partial charge in [0.25, 0.3) is 0 Å². The average Bonchev–Trinajstić information content (AvgIpc) is 1.38. The van der Waals surface area contributed by atoms with Crippen molar-refractivity contribution in [1.82, 2.24) is 0 Å². The van der Waals surface area contributed by atoms with Crippen LogP contribution in [0.3, 0.4) is 0 Å². The van der Waals surface area contributed by atoms with Crippen molar-refractivity contribution < 1.29 is 0 Å². The number of rotatable bonds is 0. The summed E-state index contributed by atoms with van der Waals surface area (Å²) in [5.74, 6) is 0.570. The fourth-order valence-electron chi connectivity index (χ4n) is 28.9. The Hall–Kier alpha value is -8.48. The van der Waals surface area contributed by atoms with E-state index in [0.29, 0.717) is 0 Å². The van der Waals surface area contributed by atoms with Crippen LogP contribution in [0.4, 0.5) is 0 Å². The van der Waals surface area contributed by atoms with Crippen LogP contribution >= 0.6 is 47.0 Å². The number of thioether (sulfide) groups is 4. The Kier molecular flexibility index (Phi) is 3.58. The summed E-state index contributed by atoms with van der Waals surface area (Å²) in [7, 11) is 0. The van der Waals surface area contributed by atoms with Crippen LogP contribution in [0.5, 0.6) is 0 Å². The molecule has 9 aliphatic carbocycles. The quantitative estimate of drug-likeness (QED) is 0.110. The Bertz CT molecular complexity index is 8710. The molecule has 2 spiro atoms. The van der Waals surface area contributed by atoms with E-state index in [2.05, 4.69) is 82.9 Å². The van der Waals surface area contributed by atoms with Crippen LogP contribution in [0.1, 0.15) is 69.2 Å². The van der Waals surface area contributed by atoms with E-state index in [0.717, 1.165) is 12.8 Å². The SMILES string of the molecule is C1=CSC(=c2c3ccccc3c(=C3SC4=C(CC56c7c8c9c%10c%11c%12c%13c%14c%15c%16c%17c%18c%19c(c%20c%21c5c5c7c7c9c9c%11c%11c%12c%12c(c%16%13)c%13c%17c%16c%18c%20c%17c%21c%18c5c5c7c9c7c%11c9c%12c%13c%11c%16c%17c%12c%18c5c7c9c%12%11)C6(C4)C(=C8C%14%10)C%15%19)S3)c3ccccc23)S1. The Balaban J connectivity index is 0.872. The molecule has 0 saturated heterocycles. The van der Waals surface area contributed by atoms with Crippen molar-refractivity contribution in [2.24, 2.45) is 0 Å². The van der Waals surface area contributed by atoms with Crippen molar-refractivity contribution in [2.75, 3.05) is 0 Å². The highest BCUT2D eigenvalue weighted by Gasteiger charge is 2.76. The lowest BCUT2D eigenvalue weighted by molar-refractivity contribution is 0.293. The van der Waals surface area contributed by atoms with E-state index >= 15 is 0 Å². The molecule has 4 heteroatoms. The molecule has 27 aromatic rings. The third-order valence-corrected chi connectivity index (χ3v) is 34.3. The van der Waals surface area contributed by atoms with Crippen LogP contribution in [-0.2, 0) is 10.8 Å². The van der Waals surface area contributed by atoms with Crippen molar-refractivity contribution in [3.63, 3.8) is 0 Å². The average molecular weight is 1130 g/mol. The molecular weight excluding hydrogens is 1110 g/mol. The lowest BCUT2D eigenvalue weighted by Crippen LogP contribution is -2.55. The van der Waals surface area contributed by atoms with Crippen LogP contribution in [-0.4, -0.2) is 0 Å². The van der Waals surface area contributed by atoms with E-state index in [1.165, 1.54) is 40.5 Å². The molecule has 0 aromatic heterocycles. The van der Waals surface area contributed by atoms with Crippen LogP contribution in [0.2, 0.25) is 0 Å². The highest BCUT2D eigenvalue weighted by atomic mass is 32.2. The van der Waals surface area contributed by atoms with Crippen molar-refractivity contribution in [3.8, 4) is 0 Å². The minimum atomic E-state index is -0.235. The number of benzene rings is 18. The third kappa shape index (κ3) is 2.17. The predicted octanol–water partition coefficient (Wildman–Crippen LogP) is 22.0. The van der Waals surface area contributed by atoms with E-state index in [9.17, 15) is 0 Å². The summed E-state index contributed by atoms with van der Waals surface area (Å²) >= 11 is 8.27. The molecule has 0 radical (unpaired) electrons. The van der Waals surface area contributed by atoms with Gasteiger partial charge in [0.15, 0.2) is 0 Å². The molecule has 0 amide bonds. The van der Waals surface area contributed by atoms with Crippen molar-refractivity contribution >= 4 is 330 Å². The number of allylic oxidation sites excluding steroid dienone is 4. The second-order valence-electron chi connectivity index (χ2n) is 30.2. The highest BCUT2D eigenvalue weighted by Crippen LogP contribution is 2.90. The molecule has 38 rings (SSSR count). The van der Waals surface area contributed by atoms with Gasteiger partial charge in [0.2, 0.25) is 0 Å². The molecule has 11 aliphatic rings. The Morgan fingerprint density at radius 2 is 0.605 bits per heavy atom. The first-order valence-electron chi connectivity index (χ1n) is 31.6. The molecule has 4 atom stereocenters. The summed E-state index contributed by atoms with van der Waals surface area (Å²) < 4.78 is 2.92. The molecule has 86 heavy (non-hydrogen) atoms. The molecule has 0 bridgehead atoms. The Morgan fingerprint density at radius 3 is 1.06 bits per heavy atom. The number of hydrogen-bond acceptors (Lipinski definition) is 4. The van der Waals surface area contributed by atoms with Gasteiger partial charge in [-0.3, -0.25) is 0 Å². The molecule has 368 valence electrons. The summed E-state index contributed by atoms with van der Waals surface area (Å²) in [6, 6.07) is 19.1. The van der Waals surface area contributed by atoms with E-state index < -0.39 is 0 Å². The van der Waals surface area contributed by atoms with Gasteiger partial charge in [-0.05, 0) is 349 Å². The Morgan fingerprint density at radius 1 is 0.279 bits per heavy atom. The van der Waals surface area contributed by atoms with E-state index in [4.69, 9.17) is 0 Å². The monoisotopic (exact) mass is 1130 g/mol. The first-order chi connectivity index (χ1) is 42.8. The molecule has 0 saturated carbocycles. The maximum absolute atomic E-state index is 2.47. The molecule has 0 nitrogen and oxygen atoms in total. The fourth-order valence-corrected chi connectivity index (χ4v) is 33.9. The normalized spacial score (nSPS) is 24.8. The number of fused-ring (bicyclic) bond motifs is 2. The Labute approximate surface area is 491 Å². The van der Waals surface area contributed by atoms with Crippen molar-refractivity contribution in [3.05, 3.63) is 130 Å². The van der Waals surface area contributed by atoms with Gasteiger partial charge in [-0.2, -0.15) is 0 Å². The van der Waals surface area contributed by atoms with Crippen LogP contribution in [0, 0.1) is 0 Å². The fraction of sp³-hybridized carbons (Fsp3) is 0.0732. The van der Waals surface area contributed by atoms with Gasteiger partial charge in [0.05, 0.1) is 8.47 Å². The maximum Gasteiger partial charge on any atom is 0.0577 e. The molecule has 2 heterocycles. The van der Waals surface area contributed by atoms with Gasteiger partial charge < -0.3 is 0 Å². The summed E-state index contributed by atoms with van der Waals surface area (Å²) in [5, 5.41) is 91.3. The van der Waals surface area contributed by atoms with Gasteiger partial charge in [-0.15, -0.1) is 0 Å². The highest BCUT2D eigenvalue weighted by molar-refractivity contribution is 8.36. The second kappa shape index (κ2) is 8.74. The van der Waals surface area contributed by atoms with Crippen molar-refractivity contribution in [2.45, 2.75) is 35.5 Å². The number of hydrogen-bond donors (Lipinski definition) is 0.